The number of aliphatic imine (C=N–C) groups is 1. The van der Waals surface area contributed by atoms with Crippen molar-refractivity contribution in [2.75, 3.05) is 0 Å². The van der Waals surface area contributed by atoms with E-state index in [0.29, 0.717) is 21.2 Å². The predicted molar refractivity (Wildman–Crippen MR) is 83.8 cm³/mol. The topological polar surface area (TPSA) is 102 Å². The maximum atomic E-state index is 12.6. The largest absolute Gasteiger partial charge is 0.370 e. The number of fused-ring (bicyclic) bond motifs is 1. The molecule has 1 aliphatic heterocycles. The van der Waals surface area contributed by atoms with Crippen LogP contribution in [0.4, 0.5) is 0 Å². The fourth-order valence-electron chi connectivity index (χ4n) is 2.79. The van der Waals surface area contributed by atoms with Gasteiger partial charge in [0.25, 0.3) is 11.8 Å². The standard InChI is InChI=1S/C14H14Cl2N4O2/c15-9-3-7-8(4-10(9)16)13(22)20(6-1-2-6)11(7)5-12(21)19-14(17)18/h3-4,6,11H,1-2,5H2,(H4,17,18,19,21). The molecule has 6 nitrogen and oxygen atoms in total. The normalized spacial score (nSPS) is 20.0. The Morgan fingerprint density at radius 2 is 1.91 bits per heavy atom. The van der Waals surface area contributed by atoms with Crippen LogP contribution in [0.15, 0.2) is 17.1 Å². The maximum absolute atomic E-state index is 12.6. The van der Waals surface area contributed by atoms with Crippen LogP contribution in [0.5, 0.6) is 0 Å². The van der Waals surface area contributed by atoms with Gasteiger partial charge in [-0.05, 0) is 30.5 Å². The first-order valence-electron chi connectivity index (χ1n) is 6.82. The molecular weight excluding hydrogens is 327 g/mol. The molecule has 1 aromatic carbocycles. The highest BCUT2D eigenvalue weighted by molar-refractivity contribution is 6.42. The Labute approximate surface area is 137 Å². The number of nitrogens with zero attached hydrogens (tertiary/aromatic N) is 2. The number of hydrogen-bond acceptors (Lipinski definition) is 2. The van der Waals surface area contributed by atoms with Gasteiger partial charge in [-0.2, -0.15) is 4.99 Å². The summed E-state index contributed by atoms with van der Waals surface area (Å²) in [5.74, 6) is -0.886. The summed E-state index contributed by atoms with van der Waals surface area (Å²) < 4.78 is 0. The third-order valence-corrected chi connectivity index (χ3v) is 4.54. The van der Waals surface area contributed by atoms with Crippen molar-refractivity contribution in [2.45, 2.75) is 31.3 Å². The fourth-order valence-corrected chi connectivity index (χ4v) is 3.13. The lowest BCUT2D eigenvalue weighted by Gasteiger charge is -2.24. The summed E-state index contributed by atoms with van der Waals surface area (Å²) >= 11 is 12.1. The summed E-state index contributed by atoms with van der Waals surface area (Å²) in [6, 6.07) is 2.95. The molecular formula is C14H14Cl2N4O2. The molecule has 0 saturated heterocycles. The first-order valence-corrected chi connectivity index (χ1v) is 7.58. The van der Waals surface area contributed by atoms with Crippen LogP contribution in [-0.2, 0) is 4.79 Å². The van der Waals surface area contributed by atoms with Gasteiger partial charge < -0.3 is 16.4 Å². The smallest absolute Gasteiger partial charge is 0.255 e. The summed E-state index contributed by atoms with van der Waals surface area (Å²) in [5.41, 5.74) is 11.6. The van der Waals surface area contributed by atoms with Gasteiger partial charge in [-0.15, -0.1) is 0 Å². The maximum Gasteiger partial charge on any atom is 0.255 e. The zero-order valence-electron chi connectivity index (χ0n) is 11.6. The number of guanidine groups is 1. The van der Waals surface area contributed by atoms with Crippen LogP contribution in [0.25, 0.3) is 0 Å². The third kappa shape index (κ3) is 2.64. The van der Waals surface area contributed by atoms with Crippen molar-refractivity contribution >= 4 is 41.0 Å². The molecule has 1 aromatic rings. The van der Waals surface area contributed by atoms with Gasteiger partial charge in [0, 0.05) is 11.6 Å². The lowest BCUT2D eigenvalue weighted by Crippen LogP contribution is -2.32. The molecule has 22 heavy (non-hydrogen) atoms. The van der Waals surface area contributed by atoms with Crippen molar-refractivity contribution in [2.24, 2.45) is 16.5 Å². The zero-order chi connectivity index (χ0) is 16.0. The molecule has 0 radical (unpaired) electrons. The molecule has 1 saturated carbocycles. The molecule has 8 heteroatoms. The molecule has 1 unspecified atom stereocenters. The van der Waals surface area contributed by atoms with Crippen molar-refractivity contribution in [3.63, 3.8) is 0 Å². The van der Waals surface area contributed by atoms with E-state index >= 15 is 0 Å². The van der Waals surface area contributed by atoms with Crippen LogP contribution in [0, 0.1) is 0 Å². The van der Waals surface area contributed by atoms with Crippen molar-refractivity contribution in [3.8, 4) is 0 Å². The number of nitrogens with two attached hydrogens (primary N) is 2. The summed E-state index contributed by atoms with van der Waals surface area (Å²) in [6.07, 6.45) is 1.87. The van der Waals surface area contributed by atoms with Crippen molar-refractivity contribution in [1.29, 1.82) is 0 Å². The number of amides is 2. The lowest BCUT2D eigenvalue weighted by molar-refractivity contribution is -0.118. The third-order valence-electron chi connectivity index (χ3n) is 3.81. The van der Waals surface area contributed by atoms with Crippen LogP contribution in [0.2, 0.25) is 10.0 Å². The minimum absolute atomic E-state index is 0.0189. The molecule has 1 fully saturated rings. The average Bonchev–Trinajstić information content (AvgIpc) is 3.20. The highest BCUT2D eigenvalue weighted by atomic mass is 35.5. The molecule has 0 aromatic heterocycles. The van der Waals surface area contributed by atoms with Crippen LogP contribution < -0.4 is 11.5 Å². The Balaban J connectivity index is 1.99. The highest BCUT2D eigenvalue weighted by Gasteiger charge is 2.45. The Kier molecular flexibility index (Phi) is 3.74. The monoisotopic (exact) mass is 340 g/mol. The number of rotatable bonds is 3. The van der Waals surface area contributed by atoms with E-state index in [2.05, 4.69) is 4.99 Å². The van der Waals surface area contributed by atoms with E-state index in [1.807, 2.05) is 0 Å². The summed E-state index contributed by atoms with van der Waals surface area (Å²) in [7, 11) is 0. The molecule has 0 bridgehead atoms. The van der Waals surface area contributed by atoms with E-state index in [-0.39, 0.29) is 24.3 Å². The van der Waals surface area contributed by atoms with Gasteiger partial charge in [-0.25, -0.2) is 0 Å². The molecule has 2 aliphatic rings. The van der Waals surface area contributed by atoms with E-state index in [9.17, 15) is 9.59 Å². The van der Waals surface area contributed by atoms with Crippen molar-refractivity contribution in [3.05, 3.63) is 33.3 Å². The van der Waals surface area contributed by atoms with Crippen LogP contribution >= 0.6 is 23.2 Å². The van der Waals surface area contributed by atoms with E-state index in [1.54, 1.807) is 17.0 Å². The van der Waals surface area contributed by atoms with E-state index in [4.69, 9.17) is 34.7 Å². The SMILES string of the molecule is NC(N)=NC(=O)CC1c2cc(Cl)c(Cl)cc2C(=O)N1C1CC1. The van der Waals surface area contributed by atoms with Crippen molar-refractivity contribution < 1.29 is 9.59 Å². The second-order valence-corrected chi connectivity index (χ2v) is 6.26. The number of hydrogen-bond donors (Lipinski definition) is 2. The summed E-state index contributed by atoms with van der Waals surface area (Å²) in [4.78, 5) is 29.8. The molecule has 1 atom stereocenters. The Hall–Kier alpha value is -1.79. The summed E-state index contributed by atoms with van der Waals surface area (Å²) in [5, 5.41) is 0.672. The molecule has 3 rings (SSSR count). The van der Waals surface area contributed by atoms with Gasteiger partial charge in [-0.1, -0.05) is 23.2 Å². The van der Waals surface area contributed by atoms with Gasteiger partial charge in [0.05, 0.1) is 22.5 Å². The van der Waals surface area contributed by atoms with Gasteiger partial charge >= 0.3 is 0 Å². The zero-order valence-corrected chi connectivity index (χ0v) is 13.1. The Morgan fingerprint density at radius 1 is 1.27 bits per heavy atom. The van der Waals surface area contributed by atoms with E-state index < -0.39 is 11.9 Å². The van der Waals surface area contributed by atoms with E-state index in [0.717, 1.165) is 12.8 Å². The molecule has 0 spiro atoms. The first kappa shape index (κ1) is 15.1. The first-order chi connectivity index (χ1) is 10.4. The Morgan fingerprint density at radius 3 is 2.50 bits per heavy atom. The van der Waals surface area contributed by atoms with Crippen LogP contribution in [0.3, 0.4) is 0 Å². The second-order valence-electron chi connectivity index (χ2n) is 5.45. The molecule has 1 aliphatic carbocycles. The van der Waals surface area contributed by atoms with Crippen LogP contribution in [0.1, 0.15) is 41.2 Å². The highest BCUT2D eigenvalue weighted by Crippen LogP contribution is 2.45. The number of benzene rings is 1. The van der Waals surface area contributed by atoms with E-state index in [1.165, 1.54) is 0 Å². The van der Waals surface area contributed by atoms with Gasteiger partial charge in [0.1, 0.15) is 0 Å². The lowest BCUT2D eigenvalue weighted by atomic mass is 10.0. The van der Waals surface area contributed by atoms with Gasteiger partial charge in [0.2, 0.25) is 0 Å². The number of carbonyl (C=O) groups is 2. The average molecular weight is 341 g/mol. The molecule has 2 amide bonds. The molecule has 116 valence electrons. The molecule has 4 N–H and O–H groups in total. The fraction of sp³-hybridized carbons (Fsp3) is 0.357. The number of carbonyl (C=O) groups excluding carboxylic acids is 2. The second kappa shape index (κ2) is 5.44. The Bertz CT molecular complexity index is 696. The summed E-state index contributed by atoms with van der Waals surface area (Å²) in [6.45, 7) is 0. The molecule has 1 heterocycles. The predicted octanol–water partition coefficient (Wildman–Crippen LogP) is 1.84. The minimum atomic E-state index is -0.470. The van der Waals surface area contributed by atoms with Crippen LogP contribution in [-0.4, -0.2) is 28.7 Å². The van der Waals surface area contributed by atoms with Crippen molar-refractivity contribution in [1.82, 2.24) is 4.90 Å². The van der Waals surface area contributed by atoms with Gasteiger partial charge in [0.15, 0.2) is 5.96 Å². The van der Waals surface area contributed by atoms with Gasteiger partial charge in [-0.3, -0.25) is 9.59 Å². The number of halogens is 2. The quantitative estimate of drug-likeness (QED) is 0.647. The minimum Gasteiger partial charge on any atom is -0.370 e.